The molecule has 1 unspecified atom stereocenters. The lowest BCUT2D eigenvalue weighted by molar-refractivity contribution is -0.112. The molecule has 0 aromatic heterocycles. The van der Waals surface area contributed by atoms with Gasteiger partial charge in [0.15, 0.2) is 0 Å². The Morgan fingerprint density at radius 1 is 1.38 bits per heavy atom. The van der Waals surface area contributed by atoms with Crippen LogP contribution < -0.4 is 10.2 Å². The van der Waals surface area contributed by atoms with Gasteiger partial charge in [-0.2, -0.15) is 0 Å². The summed E-state index contributed by atoms with van der Waals surface area (Å²) < 4.78 is 0.872. The van der Waals surface area contributed by atoms with Crippen LogP contribution in [0.5, 0.6) is 0 Å². The molecule has 1 saturated heterocycles. The maximum Gasteiger partial charge on any atom is 0.296 e. The number of fused-ring (bicyclic) bond motifs is 1. The number of Topliss-reactive ketones (excluding diaryl/α,β-unsaturated/α-hetero) is 1. The normalized spacial score (nSPS) is 21.1. The van der Waals surface area contributed by atoms with Crippen molar-refractivity contribution in [3.8, 4) is 0 Å². The van der Waals surface area contributed by atoms with Crippen molar-refractivity contribution >= 4 is 39.0 Å². The van der Waals surface area contributed by atoms with Gasteiger partial charge in [0.05, 0.1) is 16.9 Å². The molecule has 1 aromatic rings. The maximum absolute atomic E-state index is 11.7. The Bertz CT molecular complexity index is 615. The van der Waals surface area contributed by atoms with E-state index in [-0.39, 0.29) is 0 Å². The second-order valence-corrected chi connectivity index (χ2v) is 6.74. The smallest absolute Gasteiger partial charge is 0.296 e. The highest BCUT2D eigenvalue weighted by molar-refractivity contribution is 9.10. The van der Waals surface area contributed by atoms with Gasteiger partial charge in [0.25, 0.3) is 11.7 Å². The summed E-state index contributed by atoms with van der Waals surface area (Å²) in [5, 5.41) is 2.65. The molecule has 1 aromatic carbocycles. The standard InChI is InChI=1S/C15H18BrN3O2/c1-18(2)8-9-4-3-5-19(9)13-7-12-10(6-11(13)16)14(20)15(21)17-12/h6-7,9H,3-5,8H2,1-2H3,(H,17,20,21). The first-order valence-electron chi connectivity index (χ1n) is 7.08. The number of likely N-dealkylation sites (N-methyl/N-ethyl adjacent to an activating group) is 1. The third-order valence-electron chi connectivity index (χ3n) is 4.05. The molecule has 2 aliphatic heterocycles. The topological polar surface area (TPSA) is 52.7 Å². The third-order valence-corrected chi connectivity index (χ3v) is 4.68. The van der Waals surface area contributed by atoms with Gasteiger partial charge in [0, 0.05) is 23.6 Å². The maximum atomic E-state index is 11.7. The van der Waals surface area contributed by atoms with Crippen molar-refractivity contribution in [3.05, 3.63) is 22.2 Å². The second-order valence-electron chi connectivity index (χ2n) is 5.88. The van der Waals surface area contributed by atoms with Crippen LogP contribution in [0.4, 0.5) is 11.4 Å². The van der Waals surface area contributed by atoms with Gasteiger partial charge in [-0.1, -0.05) is 0 Å². The first kappa shape index (κ1) is 14.5. The second kappa shape index (κ2) is 5.42. The molecule has 0 bridgehead atoms. The number of nitrogens with one attached hydrogen (secondary N) is 1. The van der Waals surface area contributed by atoms with Crippen LogP contribution in [0, 0.1) is 0 Å². The Kier molecular flexibility index (Phi) is 3.75. The highest BCUT2D eigenvalue weighted by Gasteiger charge is 2.32. The summed E-state index contributed by atoms with van der Waals surface area (Å²) in [7, 11) is 4.15. The number of rotatable bonds is 3. The predicted molar refractivity (Wildman–Crippen MR) is 86.0 cm³/mol. The predicted octanol–water partition coefficient (Wildman–Crippen LogP) is 2.11. The SMILES string of the molecule is CN(C)CC1CCCN1c1cc2c(cc1Br)C(=O)C(=O)N2. The van der Waals surface area contributed by atoms with E-state index < -0.39 is 11.7 Å². The van der Waals surface area contributed by atoms with Gasteiger partial charge in [-0.05, 0) is 55.0 Å². The van der Waals surface area contributed by atoms with E-state index in [1.807, 2.05) is 6.07 Å². The highest BCUT2D eigenvalue weighted by atomic mass is 79.9. The Balaban J connectivity index is 1.95. The van der Waals surface area contributed by atoms with Crippen LogP contribution in [-0.4, -0.2) is 49.8 Å². The van der Waals surface area contributed by atoms with Crippen molar-refractivity contribution in [1.82, 2.24) is 4.90 Å². The summed E-state index contributed by atoms with van der Waals surface area (Å²) in [6.45, 7) is 1.99. The fourth-order valence-electron chi connectivity index (χ4n) is 3.14. The molecule has 1 fully saturated rings. The minimum atomic E-state index is -0.541. The van der Waals surface area contributed by atoms with Crippen LogP contribution in [0.15, 0.2) is 16.6 Å². The Labute approximate surface area is 132 Å². The molecule has 2 aliphatic rings. The summed E-state index contributed by atoms with van der Waals surface area (Å²) >= 11 is 3.55. The van der Waals surface area contributed by atoms with Crippen molar-refractivity contribution in [2.45, 2.75) is 18.9 Å². The van der Waals surface area contributed by atoms with Gasteiger partial charge in [0.1, 0.15) is 0 Å². The van der Waals surface area contributed by atoms with E-state index in [0.717, 1.165) is 36.1 Å². The number of anilines is 2. The number of hydrogen-bond donors (Lipinski definition) is 1. The minimum absolute atomic E-state index is 0.455. The van der Waals surface area contributed by atoms with Gasteiger partial charge in [-0.3, -0.25) is 9.59 Å². The molecule has 112 valence electrons. The van der Waals surface area contributed by atoms with E-state index in [9.17, 15) is 9.59 Å². The summed E-state index contributed by atoms with van der Waals surface area (Å²) in [5.74, 6) is -0.996. The van der Waals surface area contributed by atoms with Crippen LogP contribution >= 0.6 is 15.9 Å². The van der Waals surface area contributed by atoms with Gasteiger partial charge in [0.2, 0.25) is 0 Å². The first-order valence-corrected chi connectivity index (χ1v) is 7.87. The molecular formula is C15H18BrN3O2. The molecule has 0 spiro atoms. The Morgan fingerprint density at radius 3 is 2.86 bits per heavy atom. The van der Waals surface area contributed by atoms with Crippen LogP contribution in [-0.2, 0) is 4.79 Å². The van der Waals surface area contributed by atoms with E-state index in [0.29, 0.717) is 17.3 Å². The number of carbonyl (C=O) groups is 2. The number of hydrogen-bond acceptors (Lipinski definition) is 4. The molecule has 21 heavy (non-hydrogen) atoms. The van der Waals surface area contributed by atoms with E-state index >= 15 is 0 Å². The molecular weight excluding hydrogens is 334 g/mol. The Morgan fingerprint density at radius 2 is 2.14 bits per heavy atom. The molecule has 1 amide bonds. The summed E-state index contributed by atoms with van der Waals surface area (Å²) in [4.78, 5) is 27.8. The van der Waals surface area contributed by atoms with Gasteiger partial charge < -0.3 is 15.1 Å². The Hall–Kier alpha value is -1.40. The first-order chi connectivity index (χ1) is 9.97. The van der Waals surface area contributed by atoms with E-state index in [1.54, 1.807) is 6.07 Å². The molecule has 1 atom stereocenters. The molecule has 3 rings (SSSR count). The average molecular weight is 352 g/mol. The largest absolute Gasteiger partial charge is 0.366 e. The molecule has 0 aliphatic carbocycles. The number of benzene rings is 1. The van der Waals surface area contributed by atoms with Gasteiger partial charge in [-0.25, -0.2) is 0 Å². The zero-order valence-corrected chi connectivity index (χ0v) is 13.7. The van der Waals surface area contributed by atoms with E-state index in [1.165, 1.54) is 0 Å². The van der Waals surface area contributed by atoms with Crippen LogP contribution in [0.3, 0.4) is 0 Å². The van der Waals surface area contributed by atoms with Crippen molar-refractivity contribution < 1.29 is 9.59 Å². The highest BCUT2D eigenvalue weighted by Crippen LogP contribution is 2.38. The van der Waals surface area contributed by atoms with Crippen molar-refractivity contribution in [2.24, 2.45) is 0 Å². The fourth-order valence-corrected chi connectivity index (χ4v) is 3.71. The van der Waals surface area contributed by atoms with Crippen LogP contribution in [0.2, 0.25) is 0 Å². The number of halogens is 1. The monoisotopic (exact) mass is 351 g/mol. The lowest BCUT2D eigenvalue weighted by Gasteiger charge is -2.30. The zero-order chi connectivity index (χ0) is 15.1. The fraction of sp³-hybridized carbons (Fsp3) is 0.467. The number of amides is 1. The lowest BCUT2D eigenvalue weighted by Crippen LogP contribution is -2.37. The summed E-state index contributed by atoms with van der Waals surface area (Å²) in [5.41, 5.74) is 2.13. The average Bonchev–Trinajstić information content (AvgIpc) is 2.96. The van der Waals surface area contributed by atoms with Crippen molar-refractivity contribution in [3.63, 3.8) is 0 Å². The zero-order valence-electron chi connectivity index (χ0n) is 12.1. The quantitative estimate of drug-likeness (QED) is 0.847. The third kappa shape index (κ3) is 2.58. The molecule has 0 radical (unpaired) electrons. The van der Waals surface area contributed by atoms with E-state index in [2.05, 4.69) is 45.1 Å². The molecule has 5 nitrogen and oxygen atoms in total. The number of carbonyl (C=O) groups excluding carboxylic acids is 2. The number of ketones is 1. The molecule has 2 heterocycles. The van der Waals surface area contributed by atoms with Crippen LogP contribution in [0.25, 0.3) is 0 Å². The summed E-state index contributed by atoms with van der Waals surface area (Å²) in [6.07, 6.45) is 2.32. The van der Waals surface area contributed by atoms with Gasteiger partial charge >= 0.3 is 0 Å². The van der Waals surface area contributed by atoms with Gasteiger partial charge in [-0.15, -0.1) is 0 Å². The molecule has 0 saturated carbocycles. The lowest BCUT2D eigenvalue weighted by atomic mass is 10.1. The van der Waals surface area contributed by atoms with Crippen LogP contribution in [0.1, 0.15) is 23.2 Å². The minimum Gasteiger partial charge on any atom is -0.366 e. The number of nitrogens with zero attached hydrogens (tertiary/aromatic N) is 2. The summed E-state index contributed by atoms with van der Waals surface area (Å²) in [6, 6.07) is 4.13. The molecule has 1 N–H and O–H groups in total. The van der Waals surface area contributed by atoms with Crippen molar-refractivity contribution in [2.75, 3.05) is 37.4 Å². The van der Waals surface area contributed by atoms with E-state index in [4.69, 9.17) is 0 Å². The molecule has 6 heteroatoms. The van der Waals surface area contributed by atoms with Crippen molar-refractivity contribution in [1.29, 1.82) is 0 Å².